The second-order valence-electron chi connectivity index (χ2n) is 5.28. The van der Waals surface area contributed by atoms with Crippen LogP contribution in [0.25, 0.3) is 0 Å². The van der Waals surface area contributed by atoms with E-state index >= 15 is 0 Å². The first kappa shape index (κ1) is 11.6. The van der Waals surface area contributed by atoms with E-state index in [1.807, 2.05) is 6.92 Å². The second kappa shape index (κ2) is 4.58. The van der Waals surface area contributed by atoms with Gasteiger partial charge in [0.15, 0.2) is 0 Å². The molecule has 1 aliphatic carbocycles. The van der Waals surface area contributed by atoms with Crippen LogP contribution in [0.3, 0.4) is 0 Å². The van der Waals surface area contributed by atoms with Gasteiger partial charge in [-0.1, -0.05) is 11.6 Å². The highest BCUT2D eigenvalue weighted by molar-refractivity contribution is 5.71. The Morgan fingerprint density at radius 2 is 2.12 bits per heavy atom. The maximum absolute atomic E-state index is 11.2. The summed E-state index contributed by atoms with van der Waals surface area (Å²) >= 11 is 0. The predicted octanol–water partition coefficient (Wildman–Crippen LogP) is 2.00. The monoisotopic (exact) mass is 223 g/mol. The van der Waals surface area contributed by atoms with Gasteiger partial charge in [-0.2, -0.15) is 0 Å². The van der Waals surface area contributed by atoms with Gasteiger partial charge in [0.25, 0.3) is 0 Å². The van der Waals surface area contributed by atoms with Crippen LogP contribution in [0, 0.1) is 17.8 Å². The van der Waals surface area contributed by atoms with E-state index in [1.165, 1.54) is 18.4 Å². The van der Waals surface area contributed by atoms with Crippen LogP contribution in [0.4, 0.5) is 0 Å². The number of hydrogen-bond acceptors (Lipinski definition) is 2. The van der Waals surface area contributed by atoms with Gasteiger partial charge in [0, 0.05) is 19.6 Å². The molecule has 0 radical (unpaired) electrons. The van der Waals surface area contributed by atoms with Crippen LogP contribution >= 0.6 is 0 Å². The van der Waals surface area contributed by atoms with Gasteiger partial charge in [0.05, 0.1) is 5.92 Å². The summed E-state index contributed by atoms with van der Waals surface area (Å²) in [6.07, 6.45) is 4.59. The molecular weight excluding hydrogens is 202 g/mol. The van der Waals surface area contributed by atoms with E-state index in [1.54, 1.807) is 0 Å². The minimum Gasteiger partial charge on any atom is -0.481 e. The van der Waals surface area contributed by atoms with Gasteiger partial charge in [0.1, 0.15) is 0 Å². The van der Waals surface area contributed by atoms with E-state index in [9.17, 15) is 9.90 Å². The van der Waals surface area contributed by atoms with Crippen molar-refractivity contribution in [1.82, 2.24) is 4.90 Å². The highest BCUT2D eigenvalue weighted by Crippen LogP contribution is 2.44. The lowest BCUT2D eigenvalue weighted by molar-refractivity contribution is -0.142. The Morgan fingerprint density at radius 3 is 2.62 bits per heavy atom. The minimum atomic E-state index is -0.600. The van der Waals surface area contributed by atoms with E-state index in [4.69, 9.17) is 0 Å². The Morgan fingerprint density at radius 1 is 1.44 bits per heavy atom. The average Bonchev–Trinajstić information content (AvgIpc) is 3.00. The molecule has 2 atom stereocenters. The molecule has 16 heavy (non-hydrogen) atoms. The fourth-order valence-electron chi connectivity index (χ4n) is 2.75. The summed E-state index contributed by atoms with van der Waals surface area (Å²) in [7, 11) is 0. The molecule has 3 nitrogen and oxygen atoms in total. The van der Waals surface area contributed by atoms with Crippen LogP contribution in [0.1, 0.15) is 26.7 Å². The molecular formula is C13H21NO2. The Balaban J connectivity index is 1.97. The van der Waals surface area contributed by atoms with Crippen molar-refractivity contribution in [3.63, 3.8) is 0 Å². The van der Waals surface area contributed by atoms with E-state index in [2.05, 4.69) is 17.9 Å². The average molecular weight is 223 g/mol. The summed E-state index contributed by atoms with van der Waals surface area (Å²) in [5, 5.41) is 9.23. The highest BCUT2D eigenvalue weighted by atomic mass is 16.4. The van der Waals surface area contributed by atoms with E-state index in [-0.39, 0.29) is 5.92 Å². The second-order valence-corrected chi connectivity index (χ2v) is 5.28. The zero-order valence-corrected chi connectivity index (χ0v) is 10.1. The first-order valence-corrected chi connectivity index (χ1v) is 6.18. The fraction of sp³-hybridized carbons (Fsp3) is 0.769. The highest BCUT2D eigenvalue weighted by Gasteiger charge is 2.45. The predicted molar refractivity (Wildman–Crippen MR) is 63.2 cm³/mol. The third-order valence-electron chi connectivity index (χ3n) is 3.95. The number of rotatable bonds is 4. The first-order valence-electron chi connectivity index (χ1n) is 6.18. The maximum atomic E-state index is 11.2. The molecule has 0 bridgehead atoms. The molecule has 0 unspecified atom stereocenters. The molecule has 0 aromatic heterocycles. The van der Waals surface area contributed by atoms with Crippen molar-refractivity contribution < 1.29 is 9.90 Å². The van der Waals surface area contributed by atoms with Gasteiger partial charge in [-0.3, -0.25) is 9.69 Å². The van der Waals surface area contributed by atoms with Crippen molar-refractivity contribution in [1.29, 1.82) is 0 Å². The molecule has 1 aliphatic heterocycles. The number of carboxylic acids is 1. The normalized spacial score (nSPS) is 32.0. The van der Waals surface area contributed by atoms with Crippen molar-refractivity contribution >= 4 is 5.97 Å². The molecule has 0 amide bonds. The molecule has 1 N–H and O–H groups in total. The third-order valence-corrected chi connectivity index (χ3v) is 3.95. The molecule has 0 aromatic rings. The summed E-state index contributed by atoms with van der Waals surface area (Å²) < 4.78 is 0. The largest absolute Gasteiger partial charge is 0.481 e. The van der Waals surface area contributed by atoms with E-state index < -0.39 is 5.97 Å². The fourth-order valence-corrected chi connectivity index (χ4v) is 2.75. The lowest BCUT2D eigenvalue weighted by Crippen LogP contribution is -2.25. The number of likely N-dealkylation sites (tertiary alicyclic amines) is 1. The van der Waals surface area contributed by atoms with Gasteiger partial charge in [-0.25, -0.2) is 0 Å². The van der Waals surface area contributed by atoms with E-state index in [0.717, 1.165) is 19.6 Å². The van der Waals surface area contributed by atoms with Gasteiger partial charge < -0.3 is 5.11 Å². The number of allylic oxidation sites excluding steroid dienone is 1. The van der Waals surface area contributed by atoms with Gasteiger partial charge >= 0.3 is 5.97 Å². The lowest BCUT2D eigenvalue weighted by Gasteiger charge is -2.15. The maximum Gasteiger partial charge on any atom is 0.308 e. The summed E-state index contributed by atoms with van der Waals surface area (Å²) in [6, 6.07) is 0. The molecule has 0 spiro atoms. The standard InChI is InChI=1S/C13H21NO2/c1-3-9(2)6-14-7-11(10-4-5-10)12(8-14)13(15)16/h3,10-12H,4-8H2,1-2H3,(H,15,16)/b9-3+/t11-,12+/m1/s1. The minimum absolute atomic E-state index is 0.128. The molecule has 0 aromatic carbocycles. The van der Waals surface area contributed by atoms with Crippen molar-refractivity contribution in [2.75, 3.05) is 19.6 Å². The molecule has 3 heteroatoms. The molecule has 2 fully saturated rings. The zero-order valence-electron chi connectivity index (χ0n) is 10.1. The van der Waals surface area contributed by atoms with Crippen LogP contribution in [-0.2, 0) is 4.79 Å². The Labute approximate surface area is 97.1 Å². The quantitative estimate of drug-likeness (QED) is 0.741. The topological polar surface area (TPSA) is 40.5 Å². The molecule has 1 heterocycles. The van der Waals surface area contributed by atoms with Crippen LogP contribution in [0.5, 0.6) is 0 Å². The Kier molecular flexibility index (Phi) is 3.33. The number of hydrogen-bond donors (Lipinski definition) is 1. The smallest absolute Gasteiger partial charge is 0.308 e. The summed E-state index contributed by atoms with van der Waals surface area (Å²) in [6.45, 7) is 6.80. The SMILES string of the molecule is C/C=C(\C)CN1C[C@H](C(=O)O)[C@@H](C2CC2)C1. The van der Waals surface area contributed by atoms with Crippen LogP contribution in [0.2, 0.25) is 0 Å². The zero-order chi connectivity index (χ0) is 11.7. The Bertz CT molecular complexity index is 307. The number of carbonyl (C=O) groups is 1. The molecule has 1 saturated carbocycles. The number of carboxylic acid groups (broad SMARTS) is 1. The Hall–Kier alpha value is -0.830. The summed E-state index contributed by atoms with van der Waals surface area (Å²) in [4.78, 5) is 13.5. The third kappa shape index (κ3) is 2.46. The molecule has 2 aliphatic rings. The van der Waals surface area contributed by atoms with Crippen LogP contribution in [-0.4, -0.2) is 35.6 Å². The van der Waals surface area contributed by atoms with Crippen LogP contribution in [0.15, 0.2) is 11.6 Å². The summed E-state index contributed by atoms with van der Waals surface area (Å²) in [5.74, 6) is 0.369. The lowest BCUT2D eigenvalue weighted by atomic mass is 9.92. The molecule has 2 rings (SSSR count). The molecule has 90 valence electrons. The van der Waals surface area contributed by atoms with Crippen molar-refractivity contribution in [2.24, 2.45) is 17.8 Å². The van der Waals surface area contributed by atoms with Gasteiger partial charge in [0.2, 0.25) is 0 Å². The molecule has 1 saturated heterocycles. The van der Waals surface area contributed by atoms with Crippen molar-refractivity contribution in [2.45, 2.75) is 26.7 Å². The van der Waals surface area contributed by atoms with E-state index in [0.29, 0.717) is 11.8 Å². The number of aliphatic carboxylic acids is 1. The van der Waals surface area contributed by atoms with Gasteiger partial charge in [-0.05, 0) is 38.5 Å². The summed E-state index contributed by atoms with van der Waals surface area (Å²) in [5.41, 5.74) is 1.33. The van der Waals surface area contributed by atoms with Gasteiger partial charge in [-0.15, -0.1) is 0 Å². The van der Waals surface area contributed by atoms with Crippen LogP contribution < -0.4 is 0 Å². The number of nitrogens with zero attached hydrogens (tertiary/aromatic N) is 1. The van der Waals surface area contributed by atoms with Crippen molar-refractivity contribution in [3.8, 4) is 0 Å². The van der Waals surface area contributed by atoms with Crippen molar-refractivity contribution in [3.05, 3.63) is 11.6 Å². The first-order chi connectivity index (χ1) is 7.61.